The first kappa shape index (κ1) is 23.6. The van der Waals surface area contributed by atoms with Crippen LogP contribution in [0.1, 0.15) is 30.4 Å². The van der Waals surface area contributed by atoms with Gasteiger partial charge >= 0.3 is 12.1 Å². The maximum absolute atomic E-state index is 13.1. The molecule has 2 saturated heterocycles. The topological polar surface area (TPSA) is 82.2 Å². The highest BCUT2D eigenvalue weighted by Gasteiger charge is 2.35. The molecule has 1 N–H and O–H groups in total. The van der Waals surface area contributed by atoms with E-state index in [9.17, 15) is 14.4 Å². The SMILES string of the molecule is O=C(CN1CCCN(C2CCN(C(=O)OCc3ccccc3)CC2)C1=O)NCc1ccccc1. The molecule has 4 rings (SSSR count). The summed E-state index contributed by atoms with van der Waals surface area (Å²) in [5.74, 6) is -0.157. The average molecular weight is 465 g/mol. The van der Waals surface area contributed by atoms with Crippen LogP contribution in [0.2, 0.25) is 0 Å². The van der Waals surface area contributed by atoms with Crippen LogP contribution in [-0.2, 0) is 22.7 Å². The van der Waals surface area contributed by atoms with Crippen molar-refractivity contribution in [2.45, 2.75) is 38.5 Å². The normalized spacial score (nSPS) is 16.9. The molecule has 2 aliphatic rings. The van der Waals surface area contributed by atoms with E-state index in [1.165, 1.54) is 0 Å². The van der Waals surface area contributed by atoms with Crippen molar-refractivity contribution in [3.05, 3.63) is 71.8 Å². The molecule has 0 spiro atoms. The molecule has 2 heterocycles. The van der Waals surface area contributed by atoms with Gasteiger partial charge in [0.2, 0.25) is 5.91 Å². The van der Waals surface area contributed by atoms with Gasteiger partial charge in [0.05, 0.1) is 0 Å². The van der Waals surface area contributed by atoms with Crippen molar-refractivity contribution in [1.82, 2.24) is 20.0 Å². The third-order valence-electron chi connectivity index (χ3n) is 6.38. The summed E-state index contributed by atoms with van der Waals surface area (Å²) < 4.78 is 5.44. The van der Waals surface area contributed by atoms with Crippen molar-refractivity contribution in [2.24, 2.45) is 0 Å². The predicted molar refractivity (Wildman–Crippen MR) is 128 cm³/mol. The number of hydrogen-bond acceptors (Lipinski definition) is 4. The van der Waals surface area contributed by atoms with E-state index in [-0.39, 0.29) is 37.2 Å². The van der Waals surface area contributed by atoms with Gasteiger partial charge in [-0.3, -0.25) is 4.79 Å². The second-order valence-electron chi connectivity index (χ2n) is 8.77. The maximum Gasteiger partial charge on any atom is 0.410 e. The molecule has 0 atom stereocenters. The van der Waals surface area contributed by atoms with Crippen molar-refractivity contribution in [3.8, 4) is 0 Å². The van der Waals surface area contributed by atoms with Gasteiger partial charge in [0.1, 0.15) is 13.2 Å². The Morgan fingerprint density at radius 3 is 2.21 bits per heavy atom. The standard InChI is InChI=1S/C26H32N4O4/c31-24(27-18-21-8-3-1-4-9-21)19-29-14-7-15-30(25(29)32)23-12-16-28(17-13-23)26(33)34-20-22-10-5-2-6-11-22/h1-6,8-11,23H,7,12-20H2,(H,27,31). The zero-order valence-electron chi connectivity index (χ0n) is 19.4. The Kier molecular flexibility index (Phi) is 8.01. The van der Waals surface area contributed by atoms with E-state index in [1.54, 1.807) is 9.80 Å². The van der Waals surface area contributed by atoms with Crippen LogP contribution in [0, 0.1) is 0 Å². The largest absolute Gasteiger partial charge is 0.445 e. The Hall–Kier alpha value is -3.55. The summed E-state index contributed by atoms with van der Waals surface area (Å²) in [6.07, 6.45) is 1.93. The summed E-state index contributed by atoms with van der Waals surface area (Å²) in [7, 11) is 0. The van der Waals surface area contributed by atoms with Crippen LogP contribution in [0.15, 0.2) is 60.7 Å². The number of hydrogen-bond donors (Lipinski definition) is 1. The number of ether oxygens (including phenoxy) is 1. The quantitative estimate of drug-likeness (QED) is 0.682. The van der Waals surface area contributed by atoms with Crippen LogP contribution in [0.5, 0.6) is 0 Å². The van der Waals surface area contributed by atoms with E-state index in [1.807, 2.05) is 65.6 Å². The lowest BCUT2D eigenvalue weighted by Crippen LogP contribution is -2.57. The zero-order valence-corrected chi connectivity index (χ0v) is 19.4. The molecular formula is C26H32N4O4. The van der Waals surface area contributed by atoms with Gasteiger partial charge in [0.15, 0.2) is 0 Å². The molecule has 180 valence electrons. The monoisotopic (exact) mass is 464 g/mol. The lowest BCUT2D eigenvalue weighted by Gasteiger charge is -2.43. The smallest absolute Gasteiger partial charge is 0.410 e. The first-order chi connectivity index (χ1) is 16.6. The van der Waals surface area contributed by atoms with Gasteiger partial charge in [-0.05, 0) is 30.4 Å². The van der Waals surface area contributed by atoms with E-state index >= 15 is 0 Å². The number of piperidine rings is 1. The van der Waals surface area contributed by atoms with Gasteiger partial charge in [0.25, 0.3) is 0 Å². The number of urea groups is 1. The molecule has 4 amide bonds. The van der Waals surface area contributed by atoms with Crippen LogP contribution in [0.4, 0.5) is 9.59 Å². The summed E-state index contributed by atoms with van der Waals surface area (Å²) in [6.45, 7) is 3.14. The Balaban J connectivity index is 1.21. The second-order valence-corrected chi connectivity index (χ2v) is 8.77. The minimum absolute atomic E-state index is 0.0623. The maximum atomic E-state index is 13.1. The lowest BCUT2D eigenvalue weighted by molar-refractivity contribution is -0.122. The van der Waals surface area contributed by atoms with Crippen LogP contribution in [-0.4, -0.2) is 71.5 Å². The third-order valence-corrected chi connectivity index (χ3v) is 6.38. The van der Waals surface area contributed by atoms with Gasteiger partial charge in [-0.25, -0.2) is 9.59 Å². The predicted octanol–water partition coefficient (Wildman–Crippen LogP) is 3.23. The van der Waals surface area contributed by atoms with Gasteiger partial charge in [-0.1, -0.05) is 60.7 Å². The first-order valence-electron chi connectivity index (χ1n) is 11.9. The molecule has 0 aliphatic carbocycles. The summed E-state index contributed by atoms with van der Waals surface area (Å²) in [4.78, 5) is 43.1. The zero-order chi connectivity index (χ0) is 23.8. The highest BCUT2D eigenvalue weighted by Crippen LogP contribution is 2.22. The molecule has 2 fully saturated rings. The minimum Gasteiger partial charge on any atom is -0.445 e. The molecular weight excluding hydrogens is 432 g/mol. The summed E-state index contributed by atoms with van der Waals surface area (Å²) in [6, 6.07) is 19.3. The summed E-state index contributed by atoms with van der Waals surface area (Å²) in [5.41, 5.74) is 1.98. The average Bonchev–Trinajstić information content (AvgIpc) is 2.89. The first-order valence-corrected chi connectivity index (χ1v) is 11.9. The van der Waals surface area contributed by atoms with Crippen LogP contribution >= 0.6 is 0 Å². The number of benzene rings is 2. The number of carbonyl (C=O) groups excluding carboxylic acids is 3. The Bertz CT molecular complexity index is 961. The molecule has 34 heavy (non-hydrogen) atoms. The molecule has 0 saturated carbocycles. The second kappa shape index (κ2) is 11.5. The van der Waals surface area contributed by atoms with Gasteiger partial charge in [0, 0.05) is 38.8 Å². The van der Waals surface area contributed by atoms with Crippen molar-refractivity contribution in [1.29, 1.82) is 0 Å². The fourth-order valence-corrected chi connectivity index (χ4v) is 4.49. The number of carbonyl (C=O) groups is 3. The summed E-state index contributed by atoms with van der Waals surface area (Å²) in [5, 5.41) is 2.89. The Labute approximate surface area is 200 Å². The molecule has 2 aliphatic heterocycles. The minimum atomic E-state index is -0.316. The van der Waals surface area contributed by atoms with Gasteiger partial charge in [-0.15, -0.1) is 0 Å². The number of likely N-dealkylation sites (tertiary alicyclic amines) is 1. The van der Waals surface area contributed by atoms with Crippen LogP contribution < -0.4 is 5.32 Å². The van der Waals surface area contributed by atoms with E-state index in [0.29, 0.717) is 45.6 Å². The highest BCUT2D eigenvalue weighted by atomic mass is 16.6. The van der Waals surface area contributed by atoms with E-state index < -0.39 is 0 Å². The van der Waals surface area contributed by atoms with E-state index in [0.717, 1.165) is 17.5 Å². The molecule has 2 aromatic carbocycles. The molecule has 0 bridgehead atoms. The van der Waals surface area contributed by atoms with Gasteiger partial charge < -0.3 is 24.8 Å². The fraction of sp³-hybridized carbons (Fsp3) is 0.423. The molecule has 0 aromatic heterocycles. The van der Waals surface area contributed by atoms with Crippen molar-refractivity contribution < 1.29 is 19.1 Å². The molecule has 8 nitrogen and oxygen atoms in total. The number of nitrogens with zero attached hydrogens (tertiary/aromatic N) is 3. The van der Waals surface area contributed by atoms with Crippen molar-refractivity contribution in [3.63, 3.8) is 0 Å². The highest BCUT2D eigenvalue weighted by molar-refractivity contribution is 5.84. The Morgan fingerprint density at radius 1 is 0.882 bits per heavy atom. The van der Waals surface area contributed by atoms with Crippen molar-refractivity contribution in [2.75, 3.05) is 32.7 Å². The third kappa shape index (κ3) is 6.27. The number of nitrogens with one attached hydrogen (secondary N) is 1. The molecule has 0 unspecified atom stereocenters. The van der Waals surface area contributed by atoms with Crippen LogP contribution in [0.3, 0.4) is 0 Å². The molecule has 2 aromatic rings. The Morgan fingerprint density at radius 2 is 1.53 bits per heavy atom. The van der Waals surface area contributed by atoms with Gasteiger partial charge in [-0.2, -0.15) is 0 Å². The van der Waals surface area contributed by atoms with E-state index in [2.05, 4.69) is 5.32 Å². The van der Waals surface area contributed by atoms with Crippen LogP contribution in [0.25, 0.3) is 0 Å². The number of amides is 4. The molecule has 0 radical (unpaired) electrons. The lowest BCUT2D eigenvalue weighted by atomic mass is 10.0. The molecule has 8 heteroatoms. The van der Waals surface area contributed by atoms with E-state index in [4.69, 9.17) is 4.74 Å². The fourth-order valence-electron chi connectivity index (χ4n) is 4.49. The summed E-state index contributed by atoms with van der Waals surface area (Å²) >= 11 is 0. The number of rotatable bonds is 7. The van der Waals surface area contributed by atoms with Crippen molar-refractivity contribution >= 4 is 18.0 Å².